The fraction of sp³-hybridized carbons (Fsp3) is 0.333. The molecule has 0 fully saturated rings. The molecule has 1 aromatic rings. The highest BCUT2D eigenvalue weighted by Gasteiger charge is 2.10. The van der Waals surface area contributed by atoms with Gasteiger partial charge in [0.1, 0.15) is 4.92 Å². The van der Waals surface area contributed by atoms with Crippen LogP contribution in [-0.2, 0) is 4.79 Å². The fourth-order valence-corrected chi connectivity index (χ4v) is 0.973. The van der Waals surface area contributed by atoms with E-state index in [2.05, 4.69) is 10.5 Å². The lowest BCUT2D eigenvalue weighted by atomic mass is 10.3. The van der Waals surface area contributed by atoms with Crippen LogP contribution in [0.4, 0.5) is 5.88 Å². The highest BCUT2D eigenvalue weighted by Crippen LogP contribution is 2.13. The number of aliphatic hydroxyl groups excluding tert-OH is 1. The highest BCUT2D eigenvalue weighted by molar-refractivity contribution is 5.80. The Morgan fingerprint density at radius 1 is 1.65 bits per heavy atom. The standard InChI is InChI=1S/C9H11N3O5/c13-5-1-2-8(14)11-10-6-7-3-4-9(17-7)12(15)16/h3-4,6,13H,1-2,5H2,(H,11,14). The predicted octanol–water partition coefficient (Wildman–Crippen LogP) is 0.410. The minimum atomic E-state index is -0.669. The third-order valence-electron chi connectivity index (χ3n) is 1.74. The molecule has 2 N–H and O–H groups in total. The summed E-state index contributed by atoms with van der Waals surface area (Å²) in [5, 5.41) is 22.3. The molecule has 17 heavy (non-hydrogen) atoms. The molecule has 0 aromatic carbocycles. The molecule has 0 aliphatic rings. The van der Waals surface area contributed by atoms with E-state index in [-0.39, 0.29) is 24.7 Å². The van der Waals surface area contributed by atoms with E-state index in [0.29, 0.717) is 6.42 Å². The summed E-state index contributed by atoms with van der Waals surface area (Å²) >= 11 is 0. The van der Waals surface area contributed by atoms with Gasteiger partial charge >= 0.3 is 5.88 Å². The number of amides is 1. The molecule has 1 heterocycles. The van der Waals surface area contributed by atoms with Crippen molar-refractivity contribution in [3.8, 4) is 0 Å². The molecule has 0 saturated heterocycles. The van der Waals surface area contributed by atoms with Gasteiger partial charge in [-0.25, -0.2) is 5.43 Å². The van der Waals surface area contributed by atoms with Crippen LogP contribution >= 0.6 is 0 Å². The average Bonchev–Trinajstić information content (AvgIpc) is 2.75. The molecular weight excluding hydrogens is 230 g/mol. The molecular formula is C9H11N3O5. The zero-order chi connectivity index (χ0) is 12.7. The summed E-state index contributed by atoms with van der Waals surface area (Å²) in [5.74, 6) is -0.575. The van der Waals surface area contributed by atoms with Crippen molar-refractivity contribution in [1.29, 1.82) is 0 Å². The van der Waals surface area contributed by atoms with E-state index in [9.17, 15) is 14.9 Å². The third-order valence-corrected chi connectivity index (χ3v) is 1.74. The van der Waals surface area contributed by atoms with E-state index in [1.807, 2.05) is 0 Å². The van der Waals surface area contributed by atoms with Gasteiger partial charge in [-0.05, 0) is 12.5 Å². The SMILES string of the molecule is O=C(CCCO)NN=Cc1ccc([N+](=O)[O-])o1. The Labute approximate surface area is 96.1 Å². The van der Waals surface area contributed by atoms with Crippen molar-refractivity contribution >= 4 is 18.0 Å². The lowest BCUT2D eigenvalue weighted by Crippen LogP contribution is -2.17. The Morgan fingerprint density at radius 3 is 3.00 bits per heavy atom. The lowest BCUT2D eigenvalue weighted by molar-refractivity contribution is -0.402. The van der Waals surface area contributed by atoms with Crippen molar-refractivity contribution in [1.82, 2.24) is 5.43 Å². The summed E-state index contributed by atoms with van der Waals surface area (Å²) in [6.45, 7) is -0.0679. The predicted molar refractivity (Wildman–Crippen MR) is 57.4 cm³/mol. The topological polar surface area (TPSA) is 118 Å². The van der Waals surface area contributed by atoms with Gasteiger partial charge in [-0.1, -0.05) is 0 Å². The van der Waals surface area contributed by atoms with E-state index in [0.717, 1.165) is 6.21 Å². The second-order valence-corrected chi connectivity index (χ2v) is 3.05. The van der Waals surface area contributed by atoms with Crippen LogP contribution in [0.15, 0.2) is 21.7 Å². The first kappa shape index (κ1) is 12.8. The van der Waals surface area contributed by atoms with E-state index < -0.39 is 10.8 Å². The molecule has 1 rings (SSSR count). The molecule has 92 valence electrons. The summed E-state index contributed by atoms with van der Waals surface area (Å²) in [6.07, 6.45) is 1.67. The van der Waals surface area contributed by atoms with E-state index in [1.54, 1.807) is 0 Å². The number of nitro groups is 1. The van der Waals surface area contributed by atoms with E-state index >= 15 is 0 Å². The fourth-order valence-electron chi connectivity index (χ4n) is 0.973. The monoisotopic (exact) mass is 241 g/mol. The Hall–Kier alpha value is -2.22. The van der Waals surface area contributed by atoms with Gasteiger partial charge < -0.3 is 9.52 Å². The van der Waals surface area contributed by atoms with Gasteiger partial charge in [-0.2, -0.15) is 5.10 Å². The molecule has 1 amide bonds. The molecule has 0 radical (unpaired) electrons. The van der Waals surface area contributed by atoms with Crippen LogP contribution in [0, 0.1) is 10.1 Å². The second-order valence-electron chi connectivity index (χ2n) is 3.05. The number of rotatable bonds is 6. The molecule has 0 aliphatic heterocycles. The molecule has 0 spiro atoms. The number of carbonyl (C=O) groups excluding carboxylic acids is 1. The molecule has 0 saturated carbocycles. The Morgan fingerprint density at radius 2 is 2.41 bits per heavy atom. The van der Waals surface area contributed by atoms with Crippen LogP contribution < -0.4 is 5.43 Å². The van der Waals surface area contributed by atoms with Gasteiger partial charge in [0, 0.05) is 13.0 Å². The number of hydrogen-bond acceptors (Lipinski definition) is 6. The molecule has 1 aromatic heterocycles. The maximum Gasteiger partial charge on any atom is 0.433 e. The summed E-state index contributed by atoms with van der Waals surface area (Å²) in [6, 6.07) is 2.55. The number of hydrogen-bond donors (Lipinski definition) is 2. The van der Waals surface area contributed by atoms with Gasteiger partial charge in [0.2, 0.25) is 5.91 Å². The van der Waals surface area contributed by atoms with Crippen LogP contribution in [0.25, 0.3) is 0 Å². The third kappa shape index (κ3) is 4.43. The van der Waals surface area contributed by atoms with Gasteiger partial charge in [0.15, 0.2) is 5.76 Å². The molecule has 8 nitrogen and oxygen atoms in total. The number of nitrogens with zero attached hydrogens (tertiary/aromatic N) is 2. The number of nitrogens with one attached hydrogen (secondary N) is 1. The Balaban J connectivity index is 2.42. The molecule has 0 bridgehead atoms. The minimum absolute atomic E-state index is 0.0679. The second kappa shape index (κ2) is 6.38. The molecule has 8 heteroatoms. The van der Waals surface area contributed by atoms with E-state index in [1.165, 1.54) is 12.1 Å². The van der Waals surface area contributed by atoms with Crippen LogP contribution in [0.3, 0.4) is 0 Å². The van der Waals surface area contributed by atoms with Gasteiger partial charge in [0.25, 0.3) is 0 Å². The van der Waals surface area contributed by atoms with Crippen LogP contribution in [-0.4, -0.2) is 28.8 Å². The number of aliphatic hydroxyl groups is 1. The highest BCUT2D eigenvalue weighted by atomic mass is 16.6. The number of hydrazone groups is 1. The van der Waals surface area contributed by atoms with Gasteiger partial charge in [-0.3, -0.25) is 14.9 Å². The quantitative estimate of drug-likeness (QED) is 0.425. The maximum atomic E-state index is 11.0. The average molecular weight is 241 g/mol. The summed E-state index contributed by atoms with van der Waals surface area (Å²) in [5.41, 5.74) is 2.19. The minimum Gasteiger partial charge on any atom is -0.400 e. The van der Waals surface area contributed by atoms with Crippen molar-refractivity contribution in [2.75, 3.05) is 6.61 Å². The smallest absolute Gasteiger partial charge is 0.400 e. The van der Waals surface area contributed by atoms with Crippen molar-refractivity contribution in [2.24, 2.45) is 5.10 Å². The lowest BCUT2D eigenvalue weighted by Gasteiger charge is -1.95. The first-order chi connectivity index (χ1) is 8.13. The Kier molecular flexibility index (Phi) is 4.82. The van der Waals surface area contributed by atoms with Crippen molar-refractivity contribution in [3.63, 3.8) is 0 Å². The zero-order valence-electron chi connectivity index (χ0n) is 8.83. The van der Waals surface area contributed by atoms with Crippen molar-refractivity contribution in [2.45, 2.75) is 12.8 Å². The molecule has 0 aliphatic carbocycles. The molecule has 0 atom stereocenters. The van der Waals surface area contributed by atoms with Crippen molar-refractivity contribution < 1.29 is 19.2 Å². The number of furan rings is 1. The van der Waals surface area contributed by atoms with Crippen molar-refractivity contribution in [3.05, 3.63) is 28.0 Å². The molecule has 0 unspecified atom stereocenters. The largest absolute Gasteiger partial charge is 0.433 e. The van der Waals surface area contributed by atoms with Crippen LogP contribution in [0.1, 0.15) is 18.6 Å². The van der Waals surface area contributed by atoms with Crippen LogP contribution in [0.5, 0.6) is 0 Å². The summed E-state index contributed by atoms with van der Waals surface area (Å²) in [4.78, 5) is 20.6. The normalized spacial score (nSPS) is 10.6. The maximum absolute atomic E-state index is 11.0. The number of carbonyl (C=O) groups is 1. The summed E-state index contributed by atoms with van der Waals surface area (Å²) < 4.78 is 4.77. The first-order valence-electron chi connectivity index (χ1n) is 4.80. The summed E-state index contributed by atoms with van der Waals surface area (Å²) in [7, 11) is 0. The zero-order valence-corrected chi connectivity index (χ0v) is 8.83. The Bertz CT molecular complexity index is 426. The van der Waals surface area contributed by atoms with Gasteiger partial charge in [-0.15, -0.1) is 0 Å². The first-order valence-corrected chi connectivity index (χ1v) is 4.80. The van der Waals surface area contributed by atoms with Gasteiger partial charge in [0.05, 0.1) is 12.3 Å². The van der Waals surface area contributed by atoms with Crippen LogP contribution in [0.2, 0.25) is 0 Å². The van der Waals surface area contributed by atoms with E-state index in [4.69, 9.17) is 9.52 Å².